The van der Waals surface area contributed by atoms with Crippen molar-refractivity contribution in [3.05, 3.63) is 28.2 Å². The fraction of sp³-hybridized carbons (Fsp3) is 0.364. The molecule has 0 bridgehead atoms. The van der Waals surface area contributed by atoms with E-state index < -0.39 is 22.1 Å². The molecule has 1 aliphatic rings. The summed E-state index contributed by atoms with van der Waals surface area (Å²) in [6.45, 7) is 0.281. The number of aromatic carboxylic acids is 1. The standard InChI is InChI=1S/C11H12BrNO5S/c12-10-2-1-8(5-9(10)11(15)16)19(17,18)13-4-3-7(14)6-13/h1-2,5,7,14H,3-4,6H2,(H,15,16). The molecule has 2 N–H and O–H groups in total. The van der Waals surface area contributed by atoms with Crippen LogP contribution in [0.2, 0.25) is 0 Å². The molecule has 1 fully saturated rings. The highest BCUT2D eigenvalue weighted by Gasteiger charge is 2.32. The van der Waals surface area contributed by atoms with Crippen LogP contribution in [-0.4, -0.2) is 48.1 Å². The van der Waals surface area contributed by atoms with Crippen molar-refractivity contribution in [2.45, 2.75) is 17.4 Å². The minimum Gasteiger partial charge on any atom is -0.478 e. The van der Waals surface area contributed by atoms with Crippen molar-refractivity contribution in [1.82, 2.24) is 4.31 Å². The van der Waals surface area contributed by atoms with Crippen LogP contribution in [0, 0.1) is 0 Å². The number of hydrogen-bond acceptors (Lipinski definition) is 4. The minimum atomic E-state index is -3.76. The number of aliphatic hydroxyl groups is 1. The van der Waals surface area contributed by atoms with Crippen LogP contribution in [0.3, 0.4) is 0 Å². The number of benzene rings is 1. The van der Waals surface area contributed by atoms with Crippen LogP contribution in [0.4, 0.5) is 0 Å². The summed E-state index contributed by atoms with van der Waals surface area (Å²) < 4.78 is 26.0. The first kappa shape index (κ1) is 14.4. The van der Waals surface area contributed by atoms with Crippen LogP contribution < -0.4 is 0 Å². The van der Waals surface area contributed by atoms with E-state index >= 15 is 0 Å². The van der Waals surface area contributed by atoms with Gasteiger partial charge in [-0.1, -0.05) is 0 Å². The van der Waals surface area contributed by atoms with E-state index in [0.29, 0.717) is 10.9 Å². The Hall–Kier alpha value is -0.960. The molecule has 19 heavy (non-hydrogen) atoms. The Balaban J connectivity index is 2.41. The molecule has 0 aromatic heterocycles. The zero-order chi connectivity index (χ0) is 14.2. The molecule has 1 aromatic carbocycles. The number of hydrogen-bond donors (Lipinski definition) is 2. The van der Waals surface area contributed by atoms with E-state index in [4.69, 9.17) is 5.11 Å². The van der Waals surface area contributed by atoms with Crippen LogP contribution in [0.15, 0.2) is 27.6 Å². The number of aliphatic hydroxyl groups excluding tert-OH is 1. The molecule has 0 aliphatic carbocycles. The van der Waals surface area contributed by atoms with Gasteiger partial charge >= 0.3 is 5.97 Å². The highest BCUT2D eigenvalue weighted by Crippen LogP contribution is 2.25. The van der Waals surface area contributed by atoms with Crippen molar-refractivity contribution in [2.75, 3.05) is 13.1 Å². The predicted molar refractivity (Wildman–Crippen MR) is 70.5 cm³/mol. The number of carboxylic acid groups (broad SMARTS) is 1. The third-order valence-corrected chi connectivity index (χ3v) is 5.48. The third-order valence-electron chi connectivity index (χ3n) is 2.93. The summed E-state index contributed by atoms with van der Waals surface area (Å²) in [7, 11) is -3.76. The van der Waals surface area contributed by atoms with E-state index in [0.717, 1.165) is 10.4 Å². The largest absolute Gasteiger partial charge is 0.478 e. The topological polar surface area (TPSA) is 94.9 Å². The van der Waals surface area contributed by atoms with Crippen molar-refractivity contribution in [3.63, 3.8) is 0 Å². The molecule has 0 radical (unpaired) electrons. The van der Waals surface area contributed by atoms with Gasteiger partial charge in [-0.25, -0.2) is 13.2 Å². The molecular weight excluding hydrogens is 338 g/mol. The fourth-order valence-corrected chi connectivity index (χ4v) is 3.84. The molecular formula is C11H12BrNO5S. The quantitative estimate of drug-likeness (QED) is 0.845. The van der Waals surface area contributed by atoms with Gasteiger partial charge in [-0.15, -0.1) is 0 Å². The van der Waals surface area contributed by atoms with E-state index in [9.17, 15) is 18.3 Å². The maximum Gasteiger partial charge on any atom is 0.336 e. The number of rotatable bonds is 3. The number of sulfonamides is 1. The highest BCUT2D eigenvalue weighted by atomic mass is 79.9. The van der Waals surface area contributed by atoms with Gasteiger partial charge in [0.15, 0.2) is 0 Å². The van der Waals surface area contributed by atoms with E-state index in [1.165, 1.54) is 12.1 Å². The lowest BCUT2D eigenvalue weighted by Gasteiger charge is -2.16. The van der Waals surface area contributed by atoms with Gasteiger partial charge in [0, 0.05) is 17.6 Å². The first-order valence-corrected chi connectivity index (χ1v) is 7.76. The molecule has 6 nitrogen and oxygen atoms in total. The summed E-state index contributed by atoms with van der Waals surface area (Å²) in [5.74, 6) is -1.20. The molecule has 1 aliphatic heterocycles. The summed E-state index contributed by atoms with van der Waals surface area (Å²) in [6, 6.07) is 3.85. The van der Waals surface area contributed by atoms with Crippen LogP contribution in [0.1, 0.15) is 16.8 Å². The zero-order valence-electron chi connectivity index (χ0n) is 9.78. The van der Waals surface area contributed by atoms with Crippen molar-refractivity contribution in [3.8, 4) is 0 Å². The number of β-amino-alcohol motifs (C(OH)–C–C–N with tert-alkyl or cyclic N) is 1. The first-order valence-electron chi connectivity index (χ1n) is 5.53. The smallest absolute Gasteiger partial charge is 0.336 e. The number of carboxylic acids is 1. The molecule has 104 valence electrons. The lowest BCUT2D eigenvalue weighted by molar-refractivity contribution is 0.0695. The Morgan fingerprint density at radius 2 is 2.11 bits per heavy atom. The van der Waals surface area contributed by atoms with Gasteiger partial charge in [0.1, 0.15) is 0 Å². The zero-order valence-corrected chi connectivity index (χ0v) is 12.2. The fourth-order valence-electron chi connectivity index (χ4n) is 1.91. The van der Waals surface area contributed by atoms with Gasteiger partial charge in [0.25, 0.3) is 0 Å². The molecule has 1 heterocycles. The molecule has 1 atom stereocenters. The SMILES string of the molecule is O=C(O)c1cc(S(=O)(=O)N2CCC(O)C2)ccc1Br. The summed E-state index contributed by atoms with van der Waals surface area (Å²) in [4.78, 5) is 10.9. The van der Waals surface area contributed by atoms with Crippen LogP contribution in [0.25, 0.3) is 0 Å². The molecule has 2 rings (SSSR count). The van der Waals surface area contributed by atoms with Crippen molar-refractivity contribution in [2.24, 2.45) is 0 Å². The number of carbonyl (C=O) groups is 1. The number of nitrogens with zero attached hydrogens (tertiary/aromatic N) is 1. The summed E-state index contributed by atoms with van der Waals surface area (Å²) in [6.07, 6.45) is -0.272. The van der Waals surface area contributed by atoms with Crippen LogP contribution in [0.5, 0.6) is 0 Å². The monoisotopic (exact) mass is 349 g/mol. The predicted octanol–water partition coefficient (Wildman–Crippen LogP) is 0.903. The highest BCUT2D eigenvalue weighted by molar-refractivity contribution is 9.10. The molecule has 1 saturated heterocycles. The third kappa shape index (κ3) is 2.81. The Morgan fingerprint density at radius 3 is 2.63 bits per heavy atom. The summed E-state index contributed by atoms with van der Waals surface area (Å²) in [5, 5.41) is 18.4. The molecule has 0 spiro atoms. The Kier molecular flexibility index (Phi) is 3.95. The van der Waals surface area contributed by atoms with Crippen molar-refractivity contribution < 1.29 is 23.4 Å². The second-order valence-corrected chi connectivity index (χ2v) is 7.04. The van der Waals surface area contributed by atoms with E-state index in [1.54, 1.807) is 0 Å². The van der Waals surface area contributed by atoms with Crippen molar-refractivity contribution in [1.29, 1.82) is 0 Å². The average Bonchev–Trinajstić information content (AvgIpc) is 2.76. The van der Waals surface area contributed by atoms with E-state index in [2.05, 4.69) is 15.9 Å². The first-order chi connectivity index (χ1) is 8.82. The van der Waals surface area contributed by atoms with Crippen LogP contribution in [-0.2, 0) is 10.0 Å². The lowest BCUT2D eigenvalue weighted by atomic mass is 10.2. The average molecular weight is 350 g/mol. The lowest BCUT2D eigenvalue weighted by Crippen LogP contribution is -2.29. The Bertz CT molecular complexity index is 616. The molecule has 0 amide bonds. The van der Waals surface area contributed by atoms with Crippen LogP contribution >= 0.6 is 15.9 Å². The van der Waals surface area contributed by atoms with Gasteiger partial charge in [-0.3, -0.25) is 0 Å². The maximum atomic E-state index is 12.3. The van der Waals surface area contributed by atoms with E-state index in [-0.39, 0.29) is 23.5 Å². The van der Waals surface area contributed by atoms with Gasteiger partial charge in [-0.05, 0) is 40.5 Å². The molecule has 1 unspecified atom stereocenters. The molecule has 8 heteroatoms. The minimum absolute atomic E-state index is 0.0425. The van der Waals surface area contributed by atoms with Gasteiger partial charge < -0.3 is 10.2 Å². The normalized spacial score (nSPS) is 20.6. The maximum absolute atomic E-state index is 12.3. The van der Waals surface area contributed by atoms with E-state index in [1.807, 2.05) is 0 Å². The summed E-state index contributed by atoms with van der Waals surface area (Å²) >= 11 is 3.06. The molecule has 1 aromatic rings. The number of halogens is 1. The second kappa shape index (κ2) is 5.20. The second-order valence-electron chi connectivity index (χ2n) is 4.25. The Morgan fingerprint density at radius 1 is 1.42 bits per heavy atom. The molecule has 0 saturated carbocycles. The van der Waals surface area contributed by atoms with Crippen molar-refractivity contribution >= 4 is 31.9 Å². The van der Waals surface area contributed by atoms with Gasteiger partial charge in [0.2, 0.25) is 10.0 Å². The Labute approximate surface area is 118 Å². The van der Waals surface area contributed by atoms with Gasteiger partial charge in [-0.2, -0.15) is 4.31 Å². The van der Waals surface area contributed by atoms with Gasteiger partial charge in [0.05, 0.1) is 16.6 Å². The summed E-state index contributed by atoms with van der Waals surface area (Å²) in [5.41, 5.74) is -0.110.